The minimum absolute atomic E-state index is 0.308. The highest BCUT2D eigenvalue weighted by Gasteiger charge is 2.27. The van der Waals surface area contributed by atoms with Gasteiger partial charge in [-0.1, -0.05) is 13.8 Å². The molecular weight excluding hydrogens is 226 g/mol. The average Bonchev–Trinajstić information content (AvgIpc) is 2.27. The smallest absolute Gasteiger partial charge is 0.279 e. The van der Waals surface area contributed by atoms with Gasteiger partial charge in [0.2, 0.25) is 0 Å². The Morgan fingerprint density at radius 2 is 2.12 bits per heavy atom. The zero-order valence-electron chi connectivity index (χ0n) is 10.2. The zero-order valence-corrected chi connectivity index (χ0v) is 11.0. The van der Waals surface area contributed by atoms with E-state index >= 15 is 0 Å². The van der Waals surface area contributed by atoms with Gasteiger partial charge in [-0.05, 0) is 25.8 Å². The third-order valence-electron chi connectivity index (χ3n) is 2.73. The number of nitrogens with one attached hydrogen (secondary N) is 2. The Bertz CT molecular complexity index is 292. The van der Waals surface area contributed by atoms with Crippen molar-refractivity contribution in [2.45, 2.75) is 39.2 Å². The highest BCUT2D eigenvalue weighted by atomic mass is 32.2. The highest BCUT2D eigenvalue weighted by molar-refractivity contribution is 7.87. The molecule has 0 spiro atoms. The molecule has 0 aromatic carbocycles. The molecule has 6 heteroatoms. The topological polar surface area (TPSA) is 61.4 Å². The van der Waals surface area contributed by atoms with Crippen LogP contribution in [0.5, 0.6) is 0 Å². The van der Waals surface area contributed by atoms with Crippen molar-refractivity contribution in [3.8, 4) is 0 Å². The van der Waals surface area contributed by atoms with Crippen LogP contribution >= 0.6 is 0 Å². The van der Waals surface area contributed by atoms with Crippen LogP contribution in [0.4, 0.5) is 0 Å². The van der Waals surface area contributed by atoms with Crippen molar-refractivity contribution >= 4 is 10.2 Å². The van der Waals surface area contributed by atoms with Crippen LogP contribution in [0.1, 0.15) is 33.1 Å². The minimum Gasteiger partial charge on any atom is -0.313 e. The number of rotatable bonds is 6. The van der Waals surface area contributed by atoms with Crippen LogP contribution in [0.3, 0.4) is 0 Å². The maximum atomic E-state index is 11.8. The van der Waals surface area contributed by atoms with Crippen molar-refractivity contribution in [3.63, 3.8) is 0 Å². The Morgan fingerprint density at radius 3 is 2.75 bits per heavy atom. The summed E-state index contributed by atoms with van der Waals surface area (Å²) in [6.07, 6.45) is 3.08. The van der Waals surface area contributed by atoms with Gasteiger partial charge in [0.15, 0.2) is 0 Å². The summed E-state index contributed by atoms with van der Waals surface area (Å²) in [6.45, 7) is 6.55. The first-order valence-electron chi connectivity index (χ1n) is 6.08. The van der Waals surface area contributed by atoms with Crippen LogP contribution in [-0.4, -0.2) is 44.9 Å². The van der Waals surface area contributed by atoms with Gasteiger partial charge < -0.3 is 5.32 Å². The summed E-state index contributed by atoms with van der Waals surface area (Å²) in [5.74, 6) is 0. The van der Waals surface area contributed by atoms with E-state index in [1.807, 2.05) is 0 Å². The molecule has 16 heavy (non-hydrogen) atoms. The maximum absolute atomic E-state index is 11.8. The SMILES string of the molecule is CCCNC1CCCN(S(=O)(=O)NCC)C1. The molecule has 0 radical (unpaired) electrons. The van der Waals surface area contributed by atoms with Crippen molar-refractivity contribution in [1.29, 1.82) is 0 Å². The predicted octanol–water partition coefficient (Wildman–Crippen LogP) is 0.305. The molecule has 1 aliphatic heterocycles. The highest BCUT2D eigenvalue weighted by Crippen LogP contribution is 2.12. The molecule has 0 aromatic heterocycles. The Balaban J connectivity index is 2.49. The van der Waals surface area contributed by atoms with Gasteiger partial charge in [-0.25, -0.2) is 4.72 Å². The first kappa shape index (κ1) is 13.9. The second kappa shape index (κ2) is 6.54. The van der Waals surface area contributed by atoms with Crippen LogP contribution in [0.25, 0.3) is 0 Å². The number of hydrogen-bond donors (Lipinski definition) is 2. The molecule has 0 bridgehead atoms. The van der Waals surface area contributed by atoms with Crippen molar-refractivity contribution in [3.05, 3.63) is 0 Å². The Labute approximate surface area is 98.8 Å². The summed E-state index contributed by atoms with van der Waals surface area (Å²) < 4.78 is 27.7. The summed E-state index contributed by atoms with van der Waals surface area (Å²) in [7, 11) is -3.25. The van der Waals surface area contributed by atoms with E-state index in [-0.39, 0.29) is 0 Å². The molecule has 96 valence electrons. The monoisotopic (exact) mass is 249 g/mol. The Hall–Kier alpha value is -0.170. The third-order valence-corrected chi connectivity index (χ3v) is 4.40. The third kappa shape index (κ3) is 4.01. The molecule has 1 fully saturated rings. The normalized spacial score (nSPS) is 23.5. The van der Waals surface area contributed by atoms with Crippen LogP contribution < -0.4 is 10.0 Å². The fraction of sp³-hybridized carbons (Fsp3) is 1.00. The molecule has 5 nitrogen and oxygen atoms in total. The van der Waals surface area contributed by atoms with E-state index in [1.54, 1.807) is 11.2 Å². The number of hydrogen-bond acceptors (Lipinski definition) is 3. The van der Waals surface area contributed by atoms with E-state index < -0.39 is 10.2 Å². The average molecular weight is 249 g/mol. The second-order valence-corrected chi connectivity index (χ2v) is 5.91. The molecule has 0 aliphatic carbocycles. The molecule has 1 atom stereocenters. The van der Waals surface area contributed by atoms with Crippen molar-refractivity contribution < 1.29 is 8.42 Å². The van der Waals surface area contributed by atoms with Gasteiger partial charge in [-0.3, -0.25) is 0 Å². The maximum Gasteiger partial charge on any atom is 0.279 e. The van der Waals surface area contributed by atoms with Gasteiger partial charge in [0, 0.05) is 25.7 Å². The first-order valence-corrected chi connectivity index (χ1v) is 7.52. The van der Waals surface area contributed by atoms with Crippen LogP contribution in [0.15, 0.2) is 0 Å². The quantitative estimate of drug-likeness (QED) is 0.712. The lowest BCUT2D eigenvalue weighted by atomic mass is 10.1. The van der Waals surface area contributed by atoms with Gasteiger partial charge in [-0.15, -0.1) is 0 Å². The molecule has 1 heterocycles. The van der Waals surface area contributed by atoms with Crippen LogP contribution in [0, 0.1) is 0 Å². The van der Waals surface area contributed by atoms with Gasteiger partial charge in [0.1, 0.15) is 0 Å². The van der Waals surface area contributed by atoms with E-state index in [0.29, 0.717) is 25.7 Å². The minimum atomic E-state index is -3.25. The lowest BCUT2D eigenvalue weighted by Gasteiger charge is -2.32. The van der Waals surface area contributed by atoms with Gasteiger partial charge >= 0.3 is 0 Å². The largest absolute Gasteiger partial charge is 0.313 e. The van der Waals surface area contributed by atoms with Crippen LogP contribution in [-0.2, 0) is 10.2 Å². The Kier molecular flexibility index (Phi) is 5.68. The molecule has 1 saturated heterocycles. The molecule has 1 rings (SSSR count). The van der Waals surface area contributed by atoms with E-state index in [9.17, 15) is 8.42 Å². The molecule has 2 N–H and O–H groups in total. The first-order chi connectivity index (χ1) is 7.60. The molecule has 0 amide bonds. The summed E-state index contributed by atoms with van der Waals surface area (Å²) in [5, 5.41) is 3.38. The fourth-order valence-corrected chi connectivity index (χ4v) is 3.24. The molecule has 1 unspecified atom stereocenters. The van der Waals surface area contributed by atoms with E-state index in [0.717, 1.165) is 25.8 Å². The predicted molar refractivity (Wildman–Crippen MR) is 65.5 cm³/mol. The van der Waals surface area contributed by atoms with Crippen molar-refractivity contribution in [2.24, 2.45) is 0 Å². The zero-order chi connectivity index (χ0) is 12.0. The van der Waals surface area contributed by atoms with Crippen LogP contribution in [0.2, 0.25) is 0 Å². The molecular formula is C10H23N3O2S. The van der Waals surface area contributed by atoms with Gasteiger partial charge in [0.25, 0.3) is 10.2 Å². The lowest BCUT2D eigenvalue weighted by Crippen LogP contribution is -2.51. The summed E-state index contributed by atoms with van der Waals surface area (Å²) in [6, 6.07) is 0.308. The molecule has 1 aliphatic rings. The van der Waals surface area contributed by atoms with Gasteiger partial charge in [-0.2, -0.15) is 12.7 Å². The lowest BCUT2D eigenvalue weighted by molar-refractivity contribution is 0.281. The second-order valence-electron chi connectivity index (χ2n) is 4.15. The van der Waals surface area contributed by atoms with Crippen molar-refractivity contribution in [2.75, 3.05) is 26.2 Å². The standard InChI is InChI=1S/C10H23N3O2S/c1-3-7-11-10-6-5-8-13(9-10)16(14,15)12-4-2/h10-12H,3-9H2,1-2H3. The summed E-state index contributed by atoms with van der Waals surface area (Å²) in [5.41, 5.74) is 0. The molecule has 0 aromatic rings. The van der Waals surface area contributed by atoms with E-state index in [4.69, 9.17) is 0 Å². The summed E-state index contributed by atoms with van der Waals surface area (Å²) in [4.78, 5) is 0. The number of nitrogens with zero attached hydrogens (tertiary/aromatic N) is 1. The van der Waals surface area contributed by atoms with E-state index in [2.05, 4.69) is 17.0 Å². The fourth-order valence-electron chi connectivity index (χ4n) is 1.95. The van der Waals surface area contributed by atoms with E-state index in [1.165, 1.54) is 0 Å². The molecule has 0 saturated carbocycles. The Morgan fingerprint density at radius 1 is 1.38 bits per heavy atom. The number of piperidine rings is 1. The van der Waals surface area contributed by atoms with Gasteiger partial charge in [0.05, 0.1) is 0 Å². The summed E-state index contributed by atoms with van der Waals surface area (Å²) >= 11 is 0. The van der Waals surface area contributed by atoms with Crippen molar-refractivity contribution in [1.82, 2.24) is 14.3 Å².